The van der Waals surface area contributed by atoms with Crippen molar-refractivity contribution in [1.82, 2.24) is 10.3 Å². The van der Waals surface area contributed by atoms with Crippen molar-refractivity contribution in [3.8, 4) is 0 Å². The lowest BCUT2D eigenvalue weighted by Crippen LogP contribution is -2.40. The first-order chi connectivity index (χ1) is 11.5. The summed E-state index contributed by atoms with van der Waals surface area (Å²) in [6, 6.07) is 6.18. The third-order valence-electron chi connectivity index (χ3n) is 4.61. The number of fused-ring (bicyclic) bond motifs is 1. The normalized spacial score (nSPS) is 16.1. The molecule has 1 aliphatic rings. The largest absolute Gasteiger partial charge is 0.347 e. The number of pyridine rings is 1. The lowest BCUT2D eigenvalue weighted by atomic mass is 9.89. The summed E-state index contributed by atoms with van der Waals surface area (Å²) in [6.45, 7) is 2.63. The molecule has 1 aromatic heterocycles. The van der Waals surface area contributed by atoms with Gasteiger partial charge in [-0.2, -0.15) is 0 Å². The molecule has 1 heterocycles. The highest BCUT2D eigenvalue weighted by atomic mass is 19.1. The number of hydrogen-bond acceptors (Lipinski definition) is 3. The van der Waals surface area contributed by atoms with Gasteiger partial charge in [-0.15, -0.1) is 0 Å². The van der Waals surface area contributed by atoms with E-state index in [1.54, 1.807) is 18.2 Å². The predicted octanol–water partition coefficient (Wildman–Crippen LogP) is 3.01. The molecule has 126 valence electrons. The van der Waals surface area contributed by atoms with Gasteiger partial charge in [-0.05, 0) is 30.4 Å². The van der Waals surface area contributed by atoms with Gasteiger partial charge in [0.05, 0.1) is 11.9 Å². The fourth-order valence-electron chi connectivity index (χ4n) is 3.16. The number of para-hydroxylation sites is 1. The number of rotatable bonds is 3. The number of anilines is 1. The average Bonchev–Trinajstić information content (AvgIpc) is 3.00. The first-order valence-corrected chi connectivity index (χ1v) is 8.10. The summed E-state index contributed by atoms with van der Waals surface area (Å²) < 4.78 is 13.6. The fraction of sp³-hybridized carbons (Fsp3) is 0.389. The van der Waals surface area contributed by atoms with Crippen LogP contribution in [-0.4, -0.2) is 23.3 Å². The molecular formula is C18H20FN3O2. The Hall–Kier alpha value is -2.50. The minimum Gasteiger partial charge on any atom is -0.347 e. The number of carbonyl (C=O) groups excluding carboxylic acids is 2. The van der Waals surface area contributed by atoms with E-state index < -0.39 is 17.6 Å². The van der Waals surface area contributed by atoms with Gasteiger partial charge in [-0.25, -0.2) is 4.39 Å². The van der Waals surface area contributed by atoms with E-state index in [9.17, 15) is 14.0 Å². The molecule has 0 atom stereocenters. The molecule has 0 radical (unpaired) electrons. The molecule has 3 rings (SSSR count). The SMILES string of the molecule is CC1(CNC(=O)C(=O)Nc2cnc3c(F)cccc3c2)CCCC1. The predicted molar refractivity (Wildman–Crippen MR) is 89.9 cm³/mol. The summed E-state index contributed by atoms with van der Waals surface area (Å²) in [5.74, 6) is -1.83. The van der Waals surface area contributed by atoms with Gasteiger partial charge in [0.2, 0.25) is 0 Å². The minimum atomic E-state index is -0.742. The number of benzene rings is 1. The van der Waals surface area contributed by atoms with Crippen molar-refractivity contribution in [3.63, 3.8) is 0 Å². The Morgan fingerprint density at radius 3 is 2.75 bits per heavy atom. The maximum atomic E-state index is 13.6. The van der Waals surface area contributed by atoms with Crippen LogP contribution in [0.3, 0.4) is 0 Å². The smallest absolute Gasteiger partial charge is 0.313 e. The first kappa shape index (κ1) is 16.4. The second-order valence-electron chi connectivity index (χ2n) is 6.69. The Labute approximate surface area is 139 Å². The molecule has 1 aromatic carbocycles. The lowest BCUT2D eigenvalue weighted by Gasteiger charge is -2.23. The van der Waals surface area contributed by atoms with Crippen LogP contribution in [0.4, 0.5) is 10.1 Å². The van der Waals surface area contributed by atoms with Gasteiger partial charge in [0.1, 0.15) is 11.3 Å². The summed E-state index contributed by atoms with van der Waals surface area (Å²) in [5.41, 5.74) is 0.673. The maximum absolute atomic E-state index is 13.6. The highest BCUT2D eigenvalue weighted by molar-refractivity contribution is 6.39. The van der Waals surface area contributed by atoms with Crippen LogP contribution >= 0.6 is 0 Å². The van der Waals surface area contributed by atoms with Crippen molar-refractivity contribution in [2.24, 2.45) is 5.41 Å². The molecule has 2 aromatic rings. The molecule has 24 heavy (non-hydrogen) atoms. The van der Waals surface area contributed by atoms with Crippen LogP contribution in [0.2, 0.25) is 0 Å². The zero-order chi connectivity index (χ0) is 17.2. The zero-order valence-corrected chi connectivity index (χ0v) is 13.6. The van der Waals surface area contributed by atoms with Crippen LogP contribution in [0.25, 0.3) is 10.9 Å². The van der Waals surface area contributed by atoms with Crippen LogP contribution in [0.5, 0.6) is 0 Å². The highest BCUT2D eigenvalue weighted by Crippen LogP contribution is 2.36. The molecule has 2 N–H and O–H groups in total. The average molecular weight is 329 g/mol. The van der Waals surface area contributed by atoms with E-state index in [0.29, 0.717) is 17.6 Å². The number of carbonyl (C=O) groups is 2. The number of nitrogens with zero attached hydrogens (tertiary/aromatic N) is 1. The van der Waals surface area contributed by atoms with Crippen LogP contribution in [0.15, 0.2) is 30.5 Å². The lowest BCUT2D eigenvalue weighted by molar-refractivity contribution is -0.136. The number of amides is 2. The van der Waals surface area contributed by atoms with E-state index in [1.165, 1.54) is 12.3 Å². The molecule has 5 nitrogen and oxygen atoms in total. The van der Waals surface area contributed by atoms with E-state index >= 15 is 0 Å². The summed E-state index contributed by atoms with van der Waals surface area (Å²) in [7, 11) is 0. The minimum absolute atomic E-state index is 0.0813. The molecule has 1 saturated carbocycles. The van der Waals surface area contributed by atoms with Crippen LogP contribution in [-0.2, 0) is 9.59 Å². The third kappa shape index (κ3) is 3.53. The van der Waals surface area contributed by atoms with Gasteiger partial charge in [-0.3, -0.25) is 14.6 Å². The topological polar surface area (TPSA) is 71.1 Å². The number of halogens is 1. The first-order valence-electron chi connectivity index (χ1n) is 8.10. The van der Waals surface area contributed by atoms with E-state index in [2.05, 4.69) is 22.5 Å². The Morgan fingerprint density at radius 2 is 2.00 bits per heavy atom. The molecule has 1 aliphatic carbocycles. The Kier molecular flexibility index (Phi) is 4.46. The summed E-state index contributed by atoms with van der Waals surface area (Å²) in [4.78, 5) is 28.0. The quantitative estimate of drug-likeness (QED) is 0.850. The van der Waals surface area contributed by atoms with Crippen molar-refractivity contribution < 1.29 is 14.0 Å². The molecule has 0 aliphatic heterocycles. The Morgan fingerprint density at radius 1 is 1.25 bits per heavy atom. The van der Waals surface area contributed by atoms with Crippen molar-refractivity contribution in [1.29, 1.82) is 0 Å². The molecule has 0 unspecified atom stereocenters. The second-order valence-corrected chi connectivity index (χ2v) is 6.69. The molecule has 0 saturated heterocycles. The van der Waals surface area contributed by atoms with Crippen molar-refractivity contribution in [2.45, 2.75) is 32.6 Å². The van der Waals surface area contributed by atoms with Crippen molar-refractivity contribution >= 4 is 28.4 Å². The molecule has 6 heteroatoms. The molecule has 2 amide bonds. The summed E-state index contributed by atoms with van der Waals surface area (Å²) in [6.07, 6.45) is 5.80. The summed E-state index contributed by atoms with van der Waals surface area (Å²) in [5, 5.41) is 5.77. The third-order valence-corrected chi connectivity index (χ3v) is 4.61. The highest BCUT2D eigenvalue weighted by Gasteiger charge is 2.29. The van der Waals surface area contributed by atoms with Crippen LogP contribution in [0.1, 0.15) is 32.6 Å². The number of hydrogen-bond donors (Lipinski definition) is 2. The van der Waals surface area contributed by atoms with Crippen molar-refractivity contribution in [2.75, 3.05) is 11.9 Å². The van der Waals surface area contributed by atoms with Gasteiger partial charge >= 0.3 is 11.8 Å². The molecule has 0 bridgehead atoms. The van der Waals surface area contributed by atoms with Gasteiger partial charge in [0.15, 0.2) is 0 Å². The number of nitrogens with one attached hydrogen (secondary N) is 2. The molecular weight excluding hydrogens is 309 g/mol. The van der Waals surface area contributed by atoms with Gasteiger partial charge in [-0.1, -0.05) is 31.9 Å². The van der Waals surface area contributed by atoms with Gasteiger partial charge in [0.25, 0.3) is 0 Å². The second kappa shape index (κ2) is 6.55. The zero-order valence-electron chi connectivity index (χ0n) is 13.6. The van der Waals surface area contributed by atoms with E-state index in [1.807, 2.05) is 0 Å². The van der Waals surface area contributed by atoms with Crippen molar-refractivity contribution in [3.05, 3.63) is 36.3 Å². The monoisotopic (exact) mass is 329 g/mol. The number of aromatic nitrogens is 1. The standard InChI is InChI=1S/C18H20FN3O2/c1-18(7-2-3-8-18)11-21-16(23)17(24)22-13-9-12-5-4-6-14(19)15(12)20-10-13/h4-6,9-10H,2-3,7-8,11H2,1H3,(H,21,23)(H,22,24). The van der Waals surface area contributed by atoms with E-state index in [0.717, 1.165) is 25.7 Å². The molecule has 0 spiro atoms. The fourth-order valence-corrected chi connectivity index (χ4v) is 3.16. The van der Waals surface area contributed by atoms with E-state index in [4.69, 9.17) is 0 Å². The van der Waals surface area contributed by atoms with Gasteiger partial charge in [0, 0.05) is 11.9 Å². The van der Waals surface area contributed by atoms with E-state index in [-0.39, 0.29) is 10.9 Å². The summed E-state index contributed by atoms with van der Waals surface area (Å²) >= 11 is 0. The van der Waals surface area contributed by atoms with Crippen LogP contribution in [0, 0.1) is 11.2 Å². The van der Waals surface area contributed by atoms with Gasteiger partial charge < -0.3 is 10.6 Å². The Bertz CT molecular complexity index is 785. The Balaban J connectivity index is 1.62. The van der Waals surface area contributed by atoms with Crippen LogP contribution < -0.4 is 10.6 Å². The molecule has 1 fully saturated rings. The maximum Gasteiger partial charge on any atom is 0.313 e.